The van der Waals surface area contributed by atoms with Crippen LogP contribution in [0.4, 0.5) is 0 Å². The molecule has 0 radical (unpaired) electrons. The van der Waals surface area contributed by atoms with E-state index in [0.717, 1.165) is 4.90 Å². The Kier molecular flexibility index (Phi) is 6.16. The van der Waals surface area contributed by atoms with E-state index in [0.29, 0.717) is 15.8 Å². The average molecular weight is 316 g/mol. The Balaban J connectivity index is 2.62. The fourth-order valence-electron chi connectivity index (χ4n) is 1.31. The Bertz CT molecular complexity index is 554. The van der Waals surface area contributed by atoms with Crippen molar-refractivity contribution in [2.75, 3.05) is 19.7 Å². The van der Waals surface area contributed by atoms with Gasteiger partial charge in [-0.05, 0) is 12.1 Å². The molecule has 106 valence electrons. The number of carboxylic acids is 1. The monoisotopic (exact) mass is 315 g/mol. The summed E-state index contributed by atoms with van der Waals surface area (Å²) in [7, 11) is 0. The van der Waals surface area contributed by atoms with Gasteiger partial charge in [-0.1, -0.05) is 29.1 Å². The summed E-state index contributed by atoms with van der Waals surface area (Å²) in [5, 5.41) is 9.34. The lowest BCUT2D eigenvalue weighted by Gasteiger charge is -2.18. The van der Waals surface area contributed by atoms with Gasteiger partial charge >= 0.3 is 5.97 Å². The predicted molar refractivity (Wildman–Crippen MR) is 75.0 cm³/mol. The van der Waals surface area contributed by atoms with E-state index in [1.165, 1.54) is 12.1 Å². The molecule has 1 rings (SSSR count). The third-order valence-electron chi connectivity index (χ3n) is 2.21. The molecule has 0 saturated heterocycles. The number of amides is 1. The van der Waals surface area contributed by atoms with Crippen molar-refractivity contribution in [2.45, 2.75) is 0 Å². The second kappa shape index (κ2) is 7.63. The smallest absolute Gasteiger partial charge is 0.323 e. The van der Waals surface area contributed by atoms with Crippen LogP contribution in [-0.4, -0.2) is 41.6 Å². The number of ether oxygens (including phenoxy) is 1. The van der Waals surface area contributed by atoms with Crippen LogP contribution < -0.4 is 4.74 Å². The summed E-state index contributed by atoms with van der Waals surface area (Å²) in [6.07, 6.45) is 5.08. The number of benzene rings is 1. The first-order valence-electron chi connectivity index (χ1n) is 5.45. The number of carboxylic acid groups (broad SMARTS) is 1. The molecule has 0 aliphatic heterocycles. The van der Waals surface area contributed by atoms with Crippen molar-refractivity contribution >= 4 is 35.1 Å². The maximum absolute atomic E-state index is 11.8. The standard InChI is InChI=1S/C13H11Cl2NO4/c1-2-5-16(7-13(18)19)12(17)8-20-9-3-4-10(14)11(15)6-9/h1,3-4,6H,5,7-8H2,(H,18,19). The number of hydrogen-bond donors (Lipinski definition) is 1. The molecule has 0 bridgehead atoms. The fourth-order valence-corrected chi connectivity index (χ4v) is 1.60. The highest BCUT2D eigenvalue weighted by Gasteiger charge is 2.16. The molecule has 0 spiro atoms. The van der Waals surface area contributed by atoms with E-state index < -0.39 is 18.4 Å². The van der Waals surface area contributed by atoms with Crippen molar-refractivity contribution in [3.05, 3.63) is 28.2 Å². The SMILES string of the molecule is C#CCN(CC(=O)O)C(=O)COc1ccc(Cl)c(Cl)c1. The lowest BCUT2D eigenvalue weighted by atomic mass is 10.3. The zero-order valence-corrected chi connectivity index (χ0v) is 11.8. The molecule has 0 fully saturated rings. The zero-order valence-electron chi connectivity index (χ0n) is 10.3. The molecule has 1 aromatic rings. The van der Waals surface area contributed by atoms with E-state index >= 15 is 0 Å². The van der Waals surface area contributed by atoms with Crippen LogP contribution in [0.3, 0.4) is 0 Å². The first kappa shape index (κ1) is 16.2. The van der Waals surface area contributed by atoms with Crippen molar-refractivity contribution in [2.24, 2.45) is 0 Å². The van der Waals surface area contributed by atoms with Gasteiger partial charge in [0.2, 0.25) is 0 Å². The second-order valence-electron chi connectivity index (χ2n) is 3.71. The van der Waals surface area contributed by atoms with Gasteiger partial charge in [-0.2, -0.15) is 0 Å². The Morgan fingerprint density at radius 1 is 1.35 bits per heavy atom. The van der Waals surface area contributed by atoms with Gasteiger partial charge in [0.1, 0.15) is 12.3 Å². The molecule has 0 heterocycles. The first-order chi connectivity index (χ1) is 9.43. The number of rotatable bonds is 6. The lowest BCUT2D eigenvalue weighted by Crippen LogP contribution is -2.38. The molecule has 1 N–H and O–H groups in total. The topological polar surface area (TPSA) is 66.8 Å². The molecule has 0 unspecified atom stereocenters. The minimum Gasteiger partial charge on any atom is -0.484 e. The molecule has 5 nitrogen and oxygen atoms in total. The third-order valence-corrected chi connectivity index (χ3v) is 2.95. The maximum Gasteiger partial charge on any atom is 0.323 e. The number of hydrogen-bond acceptors (Lipinski definition) is 3. The van der Waals surface area contributed by atoms with Crippen LogP contribution in [0.1, 0.15) is 0 Å². The Labute approximate surface area is 126 Å². The third kappa shape index (κ3) is 5.00. The fraction of sp³-hybridized carbons (Fsp3) is 0.231. The number of aliphatic carboxylic acids is 1. The van der Waals surface area contributed by atoms with Crippen molar-refractivity contribution in [3.8, 4) is 18.1 Å². The molecule has 0 aliphatic rings. The largest absolute Gasteiger partial charge is 0.484 e. The van der Waals surface area contributed by atoms with E-state index in [-0.39, 0.29) is 13.2 Å². The van der Waals surface area contributed by atoms with Gasteiger partial charge in [0.25, 0.3) is 5.91 Å². The average Bonchev–Trinajstić information content (AvgIpc) is 2.39. The van der Waals surface area contributed by atoms with E-state index in [1.807, 2.05) is 0 Å². The minimum atomic E-state index is -1.15. The lowest BCUT2D eigenvalue weighted by molar-refractivity contribution is -0.144. The number of nitrogens with zero attached hydrogens (tertiary/aromatic N) is 1. The number of terminal acetylenes is 1. The first-order valence-corrected chi connectivity index (χ1v) is 6.20. The van der Waals surface area contributed by atoms with Crippen molar-refractivity contribution in [1.82, 2.24) is 4.90 Å². The summed E-state index contributed by atoms with van der Waals surface area (Å²) in [5.41, 5.74) is 0. The van der Waals surface area contributed by atoms with Crippen molar-refractivity contribution in [3.63, 3.8) is 0 Å². The van der Waals surface area contributed by atoms with Gasteiger partial charge in [0, 0.05) is 6.07 Å². The maximum atomic E-state index is 11.8. The van der Waals surface area contributed by atoms with Crippen molar-refractivity contribution in [1.29, 1.82) is 0 Å². The quantitative estimate of drug-likeness (QED) is 0.814. The van der Waals surface area contributed by atoms with Crippen LogP contribution in [0.5, 0.6) is 5.75 Å². The van der Waals surface area contributed by atoms with E-state index in [4.69, 9.17) is 39.5 Å². The van der Waals surface area contributed by atoms with Crippen LogP contribution in [0.15, 0.2) is 18.2 Å². The van der Waals surface area contributed by atoms with Crippen LogP contribution >= 0.6 is 23.2 Å². The van der Waals surface area contributed by atoms with E-state index in [1.54, 1.807) is 6.07 Å². The van der Waals surface area contributed by atoms with Gasteiger partial charge < -0.3 is 14.7 Å². The number of carbonyl (C=O) groups excluding carboxylic acids is 1. The van der Waals surface area contributed by atoms with Crippen LogP contribution in [0, 0.1) is 12.3 Å². The van der Waals surface area contributed by atoms with Crippen LogP contribution in [0.25, 0.3) is 0 Å². The Morgan fingerprint density at radius 3 is 2.60 bits per heavy atom. The zero-order chi connectivity index (χ0) is 15.1. The molecular weight excluding hydrogens is 305 g/mol. The molecular formula is C13H11Cl2NO4. The summed E-state index contributed by atoms with van der Waals surface area (Å²) < 4.78 is 5.22. The van der Waals surface area contributed by atoms with Gasteiger partial charge in [0.05, 0.1) is 16.6 Å². The highest BCUT2D eigenvalue weighted by atomic mass is 35.5. The summed E-state index contributed by atoms with van der Waals surface area (Å²) in [6.45, 7) is -0.920. The van der Waals surface area contributed by atoms with Gasteiger partial charge in [-0.25, -0.2) is 0 Å². The molecule has 20 heavy (non-hydrogen) atoms. The van der Waals surface area contributed by atoms with E-state index in [2.05, 4.69) is 5.92 Å². The normalized spacial score (nSPS) is 9.65. The van der Waals surface area contributed by atoms with Gasteiger partial charge in [0.15, 0.2) is 6.61 Å². The van der Waals surface area contributed by atoms with E-state index in [9.17, 15) is 9.59 Å². The summed E-state index contributed by atoms with van der Waals surface area (Å²) in [6, 6.07) is 4.53. The highest BCUT2D eigenvalue weighted by Crippen LogP contribution is 2.26. The molecule has 0 aliphatic carbocycles. The summed E-state index contributed by atoms with van der Waals surface area (Å²) >= 11 is 11.5. The molecule has 1 amide bonds. The second-order valence-corrected chi connectivity index (χ2v) is 4.53. The molecule has 0 aromatic heterocycles. The van der Waals surface area contributed by atoms with Gasteiger partial charge in [-0.15, -0.1) is 6.42 Å². The Hall–Kier alpha value is -1.90. The minimum absolute atomic E-state index is 0.101. The molecule has 7 heteroatoms. The molecule has 0 saturated carbocycles. The molecule has 0 atom stereocenters. The highest BCUT2D eigenvalue weighted by molar-refractivity contribution is 6.42. The predicted octanol–water partition coefficient (Wildman–Crippen LogP) is 1.92. The van der Waals surface area contributed by atoms with Crippen LogP contribution in [-0.2, 0) is 9.59 Å². The summed E-state index contributed by atoms with van der Waals surface area (Å²) in [4.78, 5) is 23.4. The number of carbonyl (C=O) groups is 2. The van der Waals surface area contributed by atoms with Crippen LogP contribution in [0.2, 0.25) is 10.0 Å². The molecule has 1 aromatic carbocycles. The van der Waals surface area contributed by atoms with Crippen molar-refractivity contribution < 1.29 is 19.4 Å². The summed E-state index contributed by atoms with van der Waals surface area (Å²) in [5.74, 6) is 0.886. The Morgan fingerprint density at radius 2 is 2.05 bits per heavy atom. The number of halogens is 2. The van der Waals surface area contributed by atoms with Gasteiger partial charge in [-0.3, -0.25) is 9.59 Å².